The van der Waals surface area contributed by atoms with Gasteiger partial charge in [-0.25, -0.2) is 0 Å². The Morgan fingerprint density at radius 1 is 1.08 bits per heavy atom. The predicted octanol–water partition coefficient (Wildman–Crippen LogP) is 3.46. The molecular formula is C21H30O5. The van der Waals surface area contributed by atoms with Crippen molar-refractivity contribution in [1.29, 1.82) is 0 Å². The van der Waals surface area contributed by atoms with Crippen LogP contribution in [-0.4, -0.2) is 30.9 Å². The van der Waals surface area contributed by atoms with E-state index in [0.717, 1.165) is 25.7 Å². The highest BCUT2D eigenvalue weighted by atomic mass is 16.6. The molecule has 0 aromatic heterocycles. The molecule has 5 heteroatoms. The van der Waals surface area contributed by atoms with Crippen LogP contribution in [0.4, 0.5) is 0 Å². The summed E-state index contributed by atoms with van der Waals surface area (Å²) in [6.07, 6.45) is 3.87. The quantitative estimate of drug-likeness (QED) is 0.425. The lowest BCUT2D eigenvalue weighted by Crippen LogP contribution is -2.48. The van der Waals surface area contributed by atoms with E-state index in [-0.39, 0.29) is 42.7 Å². The summed E-state index contributed by atoms with van der Waals surface area (Å²) < 4.78 is 10.7. The molecule has 0 amide bonds. The molecule has 0 saturated heterocycles. The van der Waals surface area contributed by atoms with Gasteiger partial charge in [-0.05, 0) is 71.1 Å². The van der Waals surface area contributed by atoms with E-state index in [1.165, 1.54) is 11.1 Å². The van der Waals surface area contributed by atoms with Crippen molar-refractivity contribution in [2.75, 3.05) is 13.2 Å². The van der Waals surface area contributed by atoms with Gasteiger partial charge < -0.3 is 9.47 Å². The standard InChI is InChI=1S/C21H30O5/c1-5-25-19(23)21(20(24)26-6-2)11-16-12(3)10-15(13(4)22)14-8-7-9-17(21)18(14)16/h14-15,17-18H,5-11H2,1-4H3/t14-,15?,17-,18-/m1/s1. The van der Waals surface area contributed by atoms with Crippen LogP contribution in [0.5, 0.6) is 0 Å². The van der Waals surface area contributed by atoms with Crippen LogP contribution in [0.25, 0.3) is 0 Å². The van der Waals surface area contributed by atoms with Gasteiger partial charge in [-0.1, -0.05) is 17.6 Å². The molecule has 0 spiro atoms. The van der Waals surface area contributed by atoms with Crippen LogP contribution in [0.2, 0.25) is 0 Å². The summed E-state index contributed by atoms with van der Waals surface area (Å²) in [5, 5.41) is 0. The van der Waals surface area contributed by atoms with Gasteiger partial charge in [-0.15, -0.1) is 0 Å². The topological polar surface area (TPSA) is 69.7 Å². The molecule has 0 aliphatic heterocycles. The van der Waals surface area contributed by atoms with Crippen LogP contribution >= 0.6 is 0 Å². The van der Waals surface area contributed by atoms with Crippen molar-refractivity contribution in [3.05, 3.63) is 11.1 Å². The molecule has 5 nitrogen and oxygen atoms in total. The van der Waals surface area contributed by atoms with Crippen LogP contribution in [0.3, 0.4) is 0 Å². The molecule has 0 bridgehead atoms. The Bertz CT molecular complexity index is 629. The average Bonchev–Trinajstić information content (AvgIpc) is 2.96. The normalized spacial score (nSPS) is 32.0. The molecule has 3 aliphatic carbocycles. The third-order valence-corrected chi connectivity index (χ3v) is 6.84. The number of carbonyl (C=O) groups excluding carboxylic acids is 3. The molecular weight excluding hydrogens is 332 g/mol. The summed E-state index contributed by atoms with van der Waals surface area (Å²) in [6.45, 7) is 7.74. The fourth-order valence-corrected chi connectivity index (χ4v) is 5.83. The van der Waals surface area contributed by atoms with Crippen molar-refractivity contribution in [3.8, 4) is 0 Å². The Kier molecular flexibility index (Phi) is 5.27. The molecule has 2 saturated carbocycles. The van der Waals surface area contributed by atoms with E-state index in [9.17, 15) is 14.4 Å². The first-order valence-corrected chi connectivity index (χ1v) is 9.91. The van der Waals surface area contributed by atoms with E-state index in [4.69, 9.17) is 9.47 Å². The number of rotatable bonds is 5. The minimum Gasteiger partial charge on any atom is -0.465 e. The molecule has 4 atom stereocenters. The van der Waals surface area contributed by atoms with Gasteiger partial charge in [0.15, 0.2) is 5.41 Å². The van der Waals surface area contributed by atoms with Crippen LogP contribution in [0.1, 0.15) is 59.8 Å². The van der Waals surface area contributed by atoms with Crippen molar-refractivity contribution in [1.82, 2.24) is 0 Å². The Labute approximate surface area is 155 Å². The van der Waals surface area contributed by atoms with Crippen LogP contribution in [0, 0.1) is 29.1 Å². The predicted molar refractivity (Wildman–Crippen MR) is 96.1 cm³/mol. The molecule has 0 radical (unpaired) electrons. The molecule has 3 rings (SSSR count). The maximum absolute atomic E-state index is 13.0. The van der Waals surface area contributed by atoms with Crippen LogP contribution in [-0.2, 0) is 23.9 Å². The highest BCUT2D eigenvalue weighted by molar-refractivity contribution is 6.01. The molecule has 0 aromatic rings. The van der Waals surface area contributed by atoms with Gasteiger partial charge in [0.05, 0.1) is 13.2 Å². The second-order valence-electron chi connectivity index (χ2n) is 8.04. The summed E-state index contributed by atoms with van der Waals surface area (Å²) >= 11 is 0. The van der Waals surface area contributed by atoms with Crippen LogP contribution < -0.4 is 0 Å². The molecule has 2 fully saturated rings. The fraction of sp³-hybridized carbons (Fsp3) is 0.762. The lowest BCUT2D eigenvalue weighted by atomic mass is 9.59. The van der Waals surface area contributed by atoms with Crippen molar-refractivity contribution >= 4 is 17.7 Å². The van der Waals surface area contributed by atoms with Gasteiger partial charge in [0.2, 0.25) is 0 Å². The molecule has 26 heavy (non-hydrogen) atoms. The van der Waals surface area contributed by atoms with Gasteiger partial charge >= 0.3 is 11.9 Å². The lowest BCUT2D eigenvalue weighted by Gasteiger charge is -2.44. The Morgan fingerprint density at radius 2 is 1.69 bits per heavy atom. The van der Waals surface area contributed by atoms with Gasteiger partial charge in [0, 0.05) is 5.92 Å². The van der Waals surface area contributed by atoms with E-state index in [2.05, 4.69) is 6.92 Å². The number of Topliss-reactive ketones (excluding diaryl/α,β-unsaturated/α-hetero) is 1. The van der Waals surface area contributed by atoms with Gasteiger partial charge in [0.1, 0.15) is 5.78 Å². The Hall–Kier alpha value is -1.65. The van der Waals surface area contributed by atoms with Crippen molar-refractivity contribution < 1.29 is 23.9 Å². The number of allylic oxidation sites excluding steroid dienone is 2. The number of esters is 2. The first kappa shape index (κ1) is 19.1. The monoisotopic (exact) mass is 362 g/mol. The summed E-state index contributed by atoms with van der Waals surface area (Å²) in [7, 11) is 0. The summed E-state index contributed by atoms with van der Waals surface area (Å²) in [4.78, 5) is 38.3. The first-order chi connectivity index (χ1) is 12.4. The molecule has 3 aliphatic rings. The molecule has 0 N–H and O–H groups in total. The SMILES string of the molecule is CCOC(=O)C1(C(=O)OCC)CC2=C(C)CC(C(C)=O)[C@H]3CCC[C@@H]1[C@@H]23. The van der Waals surface area contributed by atoms with Gasteiger partial charge in [0.25, 0.3) is 0 Å². The second-order valence-corrected chi connectivity index (χ2v) is 8.04. The molecule has 144 valence electrons. The largest absolute Gasteiger partial charge is 0.465 e. The van der Waals surface area contributed by atoms with E-state index < -0.39 is 17.4 Å². The zero-order valence-electron chi connectivity index (χ0n) is 16.3. The van der Waals surface area contributed by atoms with Crippen molar-refractivity contribution in [2.45, 2.75) is 59.8 Å². The maximum atomic E-state index is 13.0. The first-order valence-electron chi connectivity index (χ1n) is 9.91. The number of carbonyl (C=O) groups is 3. The van der Waals surface area contributed by atoms with Crippen LogP contribution in [0.15, 0.2) is 11.1 Å². The number of ether oxygens (including phenoxy) is 2. The minimum absolute atomic E-state index is 0.00624. The van der Waals surface area contributed by atoms with Crippen molar-refractivity contribution in [2.24, 2.45) is 29.1 Å². The molecule has 0 aromatic carbocycles. The number of ketones is 1. The zero-order chi connectivity index (χ0) is 19.1. The highest BCUT2D eigenvalue weighted by Gasteiger charge is 2.66. The van der Waals surface area contributed by atoms with Gasteiger partial charge in [-0.3, -0.25) is 14.4 Å². The minimum atomic E-state index is -1.24. The summed E-state index contributed by atoms with van der Waals surface area (Å²) in [5.41, 5.74) is 1.14. The summed E-state index contributed by atoms with van der Waals surface area (Å²) in [5.74, 6) is -0.427. The second kappa shape index (κ2) is 7.16. The fourth-order valence-electron chi connectivity index (χ4n) is 5.83. The highest BCUT2D eigenvalue weighted by Crippen LogP contribution is 2.63. The van der Waals surface area contributed by atoms with E-state index in [0.29, 0.717) is 6.42 Å². The third kappa shape index (κ3) is 2.71. The summed E-state index contributed by atoms with van der Waals surface area (Å²) in [6, 6.07) is 0. The lowest BCUT2D eigenvalue weighted by molar-refractivity contribution is -0.177. The Morgan fingerprint density at radius 3 is 2.23 bits per heavy atom. The smallest absolute Gasteiger partial charge is 0.324 e. The Balaban J connectivity index is 2.10. The van der Waals surface area contributed by atoms with E-state index >= 15 is 0 Å². The zero-order valence-corrected chi connectivity index (χ0v) is 16.3. The number of hydrogen-bond acceptors (Lipinski definition) is 5. The molecule has 0 heterocycles. The van der Waals surface area contributed by atoms with Crippen molar-refractivity contribution in [3.63, 3.8) is 0 Å². The van der Waals surface area contributed by atoms with E-state index in [1.54, 1.807) is 20.8 Å². The molecule has 1 unspecified atom stereocenters. The van der Waals surface area contributed by atoms with E-state index in [1.807, 2.05) is 0 Å². The third-order valence-electron chi connectivity index (χ3n) is 6.84. The van der Waals surface area contributed by atoms with Gasteiger partial charge in [-0.2, -0.15) is 0 Å². The average molecular weight is 362 g/mol. The maximum Gasteiger partial charge on any atom is 0.324 e. The number of hydrogen-bond donors (Lipinski definition) is 0.